The molecule has 0 aliphatic heterocycles. The van der Waals surface area contributed by atoms with E-state index in [1.165, 1.54) is 5.56 Å². The monoisotopic (exact) mass is 235 g/mol. The molecule has 0 saturated heterocycles. The third-order valence-electron chi connectivity index (χ3n) is 2.72. The first-order valence-electron chi connectivity index (χ1n) is 6.57. The minimum atomic E-state index is 0.530. The quantitative estimate of drug-likeness (QED) is 0.783. The van der Waals surface area contributed by atoms with Gasteiger partial charge in [0.2, 0.25) is 0 Å². The standard InChI is InChI=1S/C15H25NO/c1-5-14-7-6-8-15(9-14)17-11-13(4)10-16-12(2)3/h6-9,12-13,16H,5,10-11H2,1-4H3. The maximum atomic E-state index is 5.80. The fraction of sp³-hybridized carbons (Fsp3) is 0.600. The molecule has 17 heavy (non-hydrogen) atoms. The van der Waals surface area contributed by atoms with Crippen LogP contribution in [0.4, 0.5) is 0 Å². The zero-order chi connectivity index (χ0) is 12.7. The first kappa shape index (κ1) is 14.0. The van der Waals surface area contributed by atoms with Crippen LogP contribution in [-0.2, 0) is 6.42 Å². The molecule has 2 nitrogen and oxygen atoms in total. The average Bonchev–Trinajstić information content (AvgIpc) is 2.34. The Kier molecular flexibility index (Phi) is 6.06. The van der Waals surface area contributed by atoms with E-state index in [9.17, 15) is 0 Å². The predicted molar refractivity (Wildman–Crippen MR) is 73.6 cm³/mol. The van der Waals surface area contributed by atoms with Crippen LogP contribution in [0.25, 0.3) is 0 Å². The molecule has 1 unspecified atom stereocenters. The molecule has 0 radical (unpaired) electrons. The van der Waals surface area contributed by atoms with Gasteiger partial charge in [0.15, 0.2) is 0 Å². The average molecular weight is 235 g/mol. The summed E-state index contributed by atoms with van der Waals surface area (Å²) in [7, 11) is 0. The van der Waals surface area contributed by atoms with Crippen LogP contribution in [0, 0.1) is 5.92 Å². The van der Waals surface area contributed by atoms with E-state index >= 15 is 0 Å². The van der Waals surface area contributed by atoms with E-state index < -0.39 is 0 Å². The fourth-order valence-corrected chi connectivity index (χ4v) is 1.59. The highest BCUT2D eigenvalue weighted by molar-refractivity contribution is 5.28. The molecule has 96 valence electrons. The van der Waals surface area contributed by atoms with Gasteiger partial charge in [-0.15, -0.1) is 0 Å². The van der Waals surface area contributed by atoms with E-state index in [0.717, 1.165) is 25.3 Å². The van der Waals surface area contributed by atoms with Crippen molar-refractivity contribution in [3.05, 3.63) is 29.8 Å². The van der Waals surface area contributed by atoms with Gasteiger partial charge in [-0.05, 0) is 24.1 Å². The number of benzene rings is 1. The molecule has 0 aliphatic rings. The van der Waals surface area contributed by atoms with E-state index in [2.05, 4.69) is 51.2 Å². The summed E-state index contributed by atoms with van der Waals surface area (Å²) in [4.78, 5) is 0. The number of rotatable bonds is 7. The molecule has 0 saturated carbocycles. The molecule has 1 aromatic rings. The van der Waals surface area contributed by atoms with Gasteiger partial charge in [-0.25, -0.2) is 0 Å². The molecule has 0 spiro atoms. The molecular weight excluding hydrogens is 210 g/mol. The Hall–Kier alpha value is -1.02. The van der Waals surface area contributed by atoms with Crippen LogP contribution in [0.2, 0.25) is 0 Å². The Bertz CT molecular complexity index is 322. The van der Waals surface area contributed by atoms with Gasteiger partial charge in [-0.1, -0.05) is 39.8 Å². The van der Waals surface area contributed by atoms with Gasteiger partial charge < -0.3 is 10.1 Å². The van der Waals surface area contributed by atoms with E-state index in [1.807, 2.05) is 6.07 Å². The van der Waals surface area contributed by atoms with Crippen molar-refractivity contribution in [2.75, 3.05) is 13.2 Å². The highest BCUT2D eigenvalue weighted by atomic mass is 16.5. The van der Waals surface area contributed by atoms with E-state index in [0.29, 0.717) is 12.0 Å². The van der Waals surface area contributed by atoms with Gasteiger partial charge in [0.05, 0.1) is 6.61 Å². The molecule has 1 atom stereocenters. The summed E-state index contributed by atoms with van der Waals surface area (Å²) in [5, 5.41) is 3.42. The summed E-state index contributed by atoms with van der Waals surface area (Å²) >= 11 is 0. The molecular formula is C15H25NO. The van der Waals surface area contributed by atoms with E-state index in [4.69, 9.17) is 4.74 Å². The van der Waals surface area contributed by atoms with Gasteiger partial charge in [0.1, 0.15) is 5.75 Å². The van der Waals surface area contributed by atoms with E-state index in [-0.39, 0.29) is 0 Å². The van der Waals surface area contributed by atoms with Gasteiger partial charge in [-0.3, -0.25) is 0 Å². The van der Waals surface area contributed by atoms with Crippen molar-refractivity contribution in [2.24, 2.45) is 5.92 Å². The van der Waals surface area contributed by atoms with Crippen molar-refractivity contribution in [1.29, 1.82) is 0 Å². The smallest absolute Gasteiger partial charge is 0.119 e. The van der Waals surface area contributed by atoms with Gasteiger partial charge >= 0.3 is 0 Å². The first-order chi connectivity index (χ1) is 8.11. The number of hydrogen-bond donors (Lipinski definition) is 1. The lowest BCUT2D eigenvalue weighted by Gasteiger charge is -2.16. The number of ether oxygens (including phenoxy) is 1. The molecule has 0 bridgehead atoms. The molecule has 0 amide bonds. The van der Waals surface area contributed by atoms with Crippen molar-refractivity contribution in [3.63, 3.8) is 0 Å². The lowest BCUT2D eigenvalue weighted by Crippen LogP contribution is -2.30. The van der Waals surface area contributed by atoms with Crippen LogP contribution in [0.3, 0.4) is 0 Å². The predicted octanol–water partition coefficient (Wildman–Crippen LogP) is 3.26. The molecule has 0 aromatic heterocycles. The highest BCUT2D eigenvalue weighted by Crippen LogP contribution is 2.14. The SMILES string of the molecule is CCc1cccc(OCC(C)CNC(C)C)c1. The normalized spacial score (nSPS) is 12.8. The highest BCUT2D eigenvalue weighted by Gasteiger charge is 2.04. The molecule has 0 fully saturated rings. The van der Waals surface area contributed by atoms with Gasteiger partial charge in [-0.2, -0.15) is 0 Å². The second-order valence-corrected chi connectivity index (χ2v) is 4.98. The third kappa shape index (κ3) is 5.73. The lowest BCUT2D eigenvalue weighted by molar-refractivity contribution is 0.253. The van der Waals surface area contributed by atoms with Crippen molar-refractivity contribution in [3.8, 4) is 5.75 Å². The van der Waals surface area contributed by atoms with Crippen molar-refractivity contribution < 1.29 is 4.74 Å². The Balaban J connectivity index is 2.33. The zero-order valence-electron chi connectivity index (χ0n) is 11.5. The second kappa shape index (κ2) is 7.33. The summed E-state index contributed by atoms with van der Waals surface area (Å²) in [5.41, 5.74) is 1.33. The summed E-state index contributed by atoms with van der Waals surface area (Å²) in [6.07, 6.45) is 1.06. The van der Waals surface area contributed by atoms with Crippen LogP contribution >= 0.6 is 0 Å². The largest absolute Gasteiger partial charge is 0.493 e. The maximum Gasteiger partial charge on any atom is 0.119 e. The first-order valence-corrected chi connectivity index (χ1v) is 6.57. The molecule has 0 aliphatic carbocycles. The zero-order valence-corrected chi connectivity index (χ0v) is 11.5. The molecule has 1 N–H and O–H groups in total. The topological polar surface area (TPSA) is 21.3 Å². The fourth-order valence-electron chi connectivity index (χ4n) is 1.59. The molecule has 0 heterocycles. The number of hydrogen-bond acceptors (Lipinski definition) is 2. The Morgan fingerprint density at radius 3 is 2.65 bits per heavy atom. The summed E-state index contributed by atoms with van der Waals surface area (Å²) in [6, 6.07) is 8.90. The Labute approximate surface area is 105 Å². The summed E-state index contributed by atoms with van der Waals surface area (Å²) in [5.74, 6) is 1.52. The van der Waals surface area contributed by atoms with Gasteiger partial charge in [0.25, 0.3) is 0 Å². The minimum absolute atomic E-state index is 0.530. The van der Waals surface area contributed by atoms with Crippen molar-refractivity contribution in [2.45, 2.75) is 40.2 Å². The number of nitrogens with one attached hydrogen (secondary N) is 1. The summed E-state index contributed by atoms with van der Waals surface area (Å²) < 4.78 is 5.80. The van der Waals surface area contributed by atoms with Crippen LogP contribution in [0.15, 0.2) is 24.3 Å². The van der Waals surface area contributed by atoms with E-state index in [1.54, 1.807) is 0 Å². The van der Waals surface area contributed by atoms with Crippen LogP contribution in [-0.4, -0.2) is 19.2 Å². The van der Waals surface area contributed by atoms with Crippen LogP contribution in [0.5, 0.6) is 5.75 Å². The minimum Gasteiger partial charge on any atom is -0.493 e. The Morgan fingerprint density at radius 2 is 2.00 bits per heavy atom. The number of aryl methyl sites for hydroxylation is 1. The Morgan fingerprint density at radius 1 is 1.24 bits per heavy atom. The van der Waals surface area contributed by atoms with Crippen molar-refractivity contribution >= 4 is 0 Å². The van der Waals surface area contributed by atoms with Crippen LogP contribution < -0.4 is 10.1 Å². The lowest BCUT2D eigenvalue weighted by atomic mass is 10.1. The molecule has 1 rings (SSSR count). The third-order valence-corrected chi connectivity index (χ3v) is 2.72. The summed E-state index contributed by atoms with van der Waals surface area (Å²) in [6.45, 7) is 10.5. The van der Waals surface area contributed by atoms with Crippen LogP contribution in [0.1, 0.15) is 33.3 Å². The molecule has 2 heteroatoms. The van der Waals surface area contributed by atoms with Gasteiger partial charge in [0, 0.05) is 18.5 Å². The maximum absolute atomic E-state index is 5.80. The molecule has 1 aromatic carbocycles. The second-order valence-electron chi connectivity index (χ2n) is 4.98. The van der Waals surface area contributed by atoms with Crippen molar-refractivity contribution in [1.82, 2.24) is 5.32 Å².